The quantitative estimate of drug-likeness (QED) is 0.879. The molecule has 0 bridgehead atoms. The number of nitrogens with zero attached hydrogens (tertiary/aromatic N) is 1. The zero-order valence-electron chi connectivity index (χ0n) is 14.4. The summed E-state index contributed by atoms with van der Waals surface area (Å²) in [6.45, 7) is 3.92. The Bertz CT molecular complexity index is 669. The van der Waals surface area contributed by atoms with Gasteiger partial charge in [0.2, 0.25) is 5.91 Å². The SMILES string of the molecule is Cc1ccccc1CCC(=O)NC[C@@H]1CCCN1c1ccccc1. The van der Waals surface area contributed by atoms with Crippen LogP contribution in [-0.2, 0) is 11.2 Å². The summed E-state index contributed by atoms with van der Waals surface area (Å²) >= 11 is 0. The van der Waals surface area contributed by atoms with E-state index in [2.05, 4.69) is 53.5 Å². The molecule has 0 spiro atoms. The van der Waals surface area contributed by atoms with Crippen LogP contribution in [0.3, 0.4) is 0 Å². The molecule has 3 rings (SSSR count). The molecule has 24 heavy (non-hydrogen) atoms. The second kappa shape index (κ2) is 8.00. The van der Waals surface area contributed by atoms with Gasteiger partial charge >= 0.3 is 0 Å². The number of nitrogens with one attached hydrogen (secondary N) is 1. The first kappa shape index (κ1) is 16.6. The van der Waals surface area contributed by atoms with Crippen LogP contribution >= 0.6 is 0 Å². The number of hydrogen-bond acceptors (Lipinski definition) is 2. The molecule has 2 aromatic rings. The van der Waals surface area contributed by atoms with Gasteiger partial charge in [0.05, 0.1) is 0 Å². The highest BCUT2D eigenvalue weighted by molar-refractivity contribution is 5.76. The standard InChI is InChI=1S/C21H26N2O/c1-17-8-5-6-9-18(17)13-14-21(24)22-16-20-12-7-15-23(20)19-10-3-2-4-11-19/h2-6,8-11,20H,7,12-16H2,1H3,(H,22,24)/t20-/m0/s1. The van der Waals surface area contributed by atoms with Crippen molar-refractivity contribution in [1.29, 1.82) is 0 Å². The van der Waals surface area contributed by atoms with Gasteiger partial charge in [-0.05, 0) is 49.4 Å². The lowest BCUT2D eigenvalue weighted by molar-refractivity contribution is -0.121. The predicted octanol–water partition coefficient (Wildman–Crippen LogP) is 3.71. The Balaban J connectivity index is 1.48. The molecular formula is C21H26N2O. The Labute approximate surface area is 144 Å². The molecule has 1 atom stereocenters. The van der Waals surface area contributed by atoms with Crippen molar-refractivity contribution in [3.05, 3.63) is 65.7 Å². The first-order chi connectivity index (χ1) is 11.7. The summed E-state index contributed by atoms with van der Waals surface area (Å²) in [5, 5.41) is 3.13. The first-order valence-corrected chi connectivity index (χ1v) is 8.87. The molecule has 3 heteroatoms. The van der Waals surface area contributed by atoms with Crippen LogP contribution in [0.5, 0.6) is 0 Å². The second-order valence-electron chi connectivity index (χ2n) is 6.56. The molecule has 1 saturated heterocycles. The van der Waals surface area contributed by atoms with E-state index in [9.17, 15) is 4.79 Å². The van der Waals surface area contributed by atoms with Crippen LogP contribution in [-0.4, -0.2) is 25.0 Å². The number of para-hydroxylation sites is 1. The molecule has 126 valence electrons. The summed E-state index contributed by atoms with van der Waals surface area (Å²) in [5.74, 6) is 0.151. The third-order valence-corrected chi connectivity index (χ3v) is 4.88. The van der Waals surface area contributed by atoms with Crippen LogP contribution in [0.2, 0.25) is 0 Å². The average molecular weight is 322 g/mol. The Hall–Kier alpha value is -2.29. The first-order valence-electron chi connectivity index (χ1n) is 8.87. The lowest BCUT2D eigenvalue weighted by Gasteiger charge is -2.27. The number of carbonyl (C=O) groups excluding carboxylic acids is 1. The molecule has 2 aromatic carbocycles. The minimum absolute atomic E-state index is 0.151. The largest absolute Gasteiger partial charge is 0.367 e. The van der Waals surface area contributed by atoms with Gasteiger partial charge in [-0.1, -0.05) is 42.5 Å². The van der Waals surface area contributed by atoms with Crippen LogP contribution in [0.4, 0.5) is 5.69 Å². The number of rotatable bonds is 6. The van der Waals surface area contributed by atoms with Gasteiger partial charge in [0.25, 0.3) is 0 Å². The average Bonchev–Trinajstić information content (AvgIpc) is 3.08. The summed E-state index contributed by atoms with van der Waals surface area (Å²) in [6, 6.07) is 19.2. The number of benzene rings is 2. The lowest BCUT2D eigenvalue weighted by Crippen LogP contribution is -2.40. The third-order valence-electron chi connectivity index (χ3n) is 4.88. The van der Waals surface area contributed by atoms with Gasteiger partial charge in [0.1, 0.15) is 0 Å². The van der Waals surface area contributed by atoms with Crippen LogP contribution in [0.15, 0.2) is 54.6 Å². The molecule has 1 aliphatic heterocycles. The minimum atomic E-state index is 0.151. The van der Waals surface area contributed by atoms with E-state index in [0.717, 1.165) is 25.9 Å². The van der Waals surface area contributed by atoms with Crippen molar-refractivity contribution >= 4 is 11.6 Å². The van der Waals surface area contributed by atoms with E-state index in [4.69, 9.17) is 0 Å². The normalized spacial score (nSPS) is 17.0. The molecule has 0 aliphatic carbocycles. The van der Waals surface area contributed by atoms with Crippen molar-refractivity contribution in [2.45, 2.75) is 38.6 Å². The van der Waals surface area contributed by atoms with E-state index in [1.165, 1.54) is 23.2 Å². The lowest BCUT2D eigenvalue weighted by atomic mass is 10.0. The van der Waals surface area contributed by atoms with Crippen molar-refractivity contribution in [1.82, 2.24) is 5.32 Å². The molecule has 1 amide bonds. The topological polar surface area (TPSA) is 32.3 Å². The summed E-state index contributed by atoms with van der Waals surface area (Å²) in [5.41, 5.74) is 3.78. The summed E-state index contributed by atoms with van der Waals surface area (Å²) in [7, 11) is 0. The second-order valence-corrected chi connectivity index (χ2v) is 6.56. The molecule has 0 unspecified atom stereocenters. The van der Waals surface area contributed by atoms with Crippen LogP contribution in [0.1, 0.15) is 30.4 Å². The Morgan fingerprint density at radius 3 is 2.67 bits per heavy atom. The van der Waals surface area contributed by atoms with Gasteiger partial charge in [-0.25, -0.2) is 0 Å². The molecule has 0 aromatic heterocycles. The highest BCUT2D eigenvalue weighted by Crippen LogP contribution is 2.24. The van der Waals surface area contributed by atoms with Crippen LogP contribution in [0.25, 0.3) is 0 Å². The van der Waals surface area contributed by atoms with Gasteiger partial charge in [0.15, 0.2) is 0 Å². The summed E-state index contributed by atoms with van der Waals surface area (Å²) < 4.78 is 0. The van der Waals surface area contributed by atoms with E-state index in [0.29, 0.717) is 12.5 Å². The highest BCUT2D eigenvalue weighted by Gasteiger charge is 2.24. The van der Waals surface area contributed by atoms with Crippen molar-refractivity contribution in [3.63, 3.8) is 0 Å². The fourth-order valence-corrected chi connectivity index (χ4v) is 3.47. The van der Waals surface area contributed by atoms with E-state index in [1.807, 2.05) is 18.2 Å². The molecular weight excluding hydrogens is 296 g/mol. The van der Waals surface area contributed by atoms with Gasteiger partial charge in [0, 0.05) is 31.2 Å². The smallest absolute Gasteiger partial charge is 0.220 e. The minimum Gasteiger partial charge on any atom is -0.367 e. The third kappa shape index (κ3) is 4.16. The zero-order valence-corrected chi connectivity index (χ0v) is 14.4. The zero-order chi connectivity index (χ0) is 16.8. The number of anilines is 1. The number of amides is 1. The number of carbonyl (C=O) groups is 1. The van der Waals surface area contributed by atoms with E-state index in [-0.39, 0.29) is 5.91 Å². The van der Waals surface area contributed by atoms with Crippen molar-refractivity contribution in [3.8, 4) is 0 Å². The number of hydrogen-bond donors (Lipinski definition) is 1. The van der Waals surface area contributed by atoms with Crippen LogP contribution < -0.4 is 10.2 Å². The predicted molar refractivity (Wildman–Crippen MR) is 99.3 cm³/mol. The molecule has 1 heterocycles. The molecule has 3 nitrogen and oxygen atoms in total. The molecule has 1 fully saturated rings. The van der Waals surface area contributed by atoms with Gasteiger partial charge in [-0.15, -0.1) is 0 Å². The molecule has 0 saturated carbocycles. The number of aryl methyl sites for hydroxylation is 2. The summed E-state index contributed by atoms with van der Waals surface area (Å²) in [6.07, 6.45) is 3.71. The van der Waals surface area contributed by atoms with Crippen LogP contribution in [0, 0.1) is 6.92 Å². The van der Waals surface area contributed by atoms with E-state index < -0.39 is 0 Å². The van der Waals surface area contributed by atoms with Gasteiger partial charge in [-0.3, -0.25) is 4.79 Å². The van der Waals surface area contributed by atoms with Crippen molar-refractivity contribution in [2.24, 2.45) is 0 Å². The monoisotopic (exact) mass is 322 g/mol. The van der Waals surface area contributed by atoms with E-state index >= 15 is 0 Å². The Kier molecular flexibility index (Phi) is 5.52. The highest BCUT2D eigenvalue weighted by atomic mass is 16.1. The Morgan fingerprint density at radius 1 is 1.12 bits per heavy atom. The maximum absolute atomic E-state index is 12.2. The van der Waals surface area contributed by atoms with Gasteiger partial charge in [-0.2, -0.15) is 0 Å². The van der Waals surface area contributed by atoms with E-state index in [1.54, 1.807) is 0 Å². The van der Waals surface area contributed by atoms with Crippen molar-refractivity contribution < 1.29 is 4.79 Å². The van der Waals surface area contributed by atoms with Gasteiger partial charge < -0.3 is 10.2 Å². The Morgan fingerprint density at radius 2 is 1.88 bits per heavy atom. The van der Waals surface area contributed by atoms with Crippen molar-refractivity contribution in [2.75, 3.05) is 18.0 Å². The molecule has 1 N–H and O–H groups in total. The molecule has 0 radical (unpaired) electrons. The fourth-order valence-electron chi connectivity index (χ4n) is 3.47. The maximum Gasteiger partial charge on any atom is 0.220 e. The maximum atomic E-state index is 12.2. The summed E-state index contributed by atoms with van der Waals surface area (Å²) in [4.78, 5) is 14.6. The molecule has 1 aliphatic rings. The fraction of sp³-hybridized carbons (Fsp3) is 0.381.